The minimum atomic E-state index is -0.289. The Balaban J connectivity index is 1.40. The largest absolute Gasteiger partial charge is 0.491 e. The lowest BCUT2D eigenvalue weighted by molar-refractivity contribution is -0.118. The van der Waals surface area contributed by atoms with E-state index in [1.165, 1.54) is 4.88 Å². The van der Waals surface area contributed by atoms with Crippen molar-refractivity contribution in [2.45, 2.75) is 25.7 Å². The number of ether oxygens (including phenoxy) is 1. The topological polar surface area (TPSA) is 87.7 Å². The predicted octanol–water partition coefficient (Wildman–Crippen LogP) is 6.77. The quantitative estimate of drug-likeness (QED) is 0.155. The Kier molecular flexibility index (Phi) is 9.90. The molecule has 0 fully saturated rings. The van der Waals surface area contributed by atoms with Crippen LogP contribution in [-0.4, -0.2) is 43.3 Å². The Bertz CT molecular complexity index is 1560. The first-order valence-corrected chi connectivity index (χ1v) is 15.4. The second-order valence-corrected chi connectivity index (χ2v) is 11.2. The van der Waals surface area contributed by atoms with Crippen LogP contribution in [-0.2, 0) is 11.2 Å². The summed E-state index contributed by atoms with van der Waals surface area (Å²) in [5, 5.41) is 7.74. The van der Waals surface area contributed by atoms with Gasteiger partial charge in [-0.25, -0.2) is 0 Å². The van der Waals surface area contributed by atoms with Crippen molar-refractivity contribution in [1.29, 1.82) is 0 Å². The number of carbonyl (C=O) groups is 3. The third-order valence-corrected chi connectivity index (χ3v) is 8.26. The number of amides is 3. The molecule has 5 rings (SSSR count). The van der Waals surface area contributed by atoms with Crippen molar-refractivity contribution < 1.29 is 19.1 Å². The van der Waals surface area contributed by atoms with Gasteiger partial charge in [0.1, 0.15) is 11.6 Å². The van der Waals surface area contributed by atoms with E-state index < -0.39 is 0 Å². The molecule has 0 bridgehead atoms. The van der Waals surface area contributed by atoms with Gasteiger partial charge >= 0.3 is 0 Å². The van der Waals surface area contributed by atoms with Crippen LogP contribution in [0.3, 0.4) is 0 Å². The van der Waals surface area contributed by atoms with E-state index in [4.69, 9.17) is 16.3 Å². The molecule has 1 aliphatic rings. The first-order chi connectivity index (χ1) is 20.5. The molecular weight excluding hydrogens is 570 g/mol. The molecule has 216 valence electrons. The van der Waals surface area contributed by atoms with E-state index in [1.807, 2.05) is 64.9 Å². The minimum Gasteiger partial charge on any atom is -0.491 e. The van der Waals surface area contributed by atoms with E-state index in [1.54, 1.807) is 35.6 Å². The van der Waals surface area contributed by atoms with E-state index in [0.29, 0.717) is 42.1 Å². The molecule has 0 saturated carbocycles. The highest BCUT2D eigenvalue weighted by molar-refractivity contribution is 7.10. The van der Waals surface area contributed by atoms with Crippen LogP contribution in [0.2, 0.25) is 0 Å². The first-order valence-electron chi connectivity index (χ1n) is 14.0. The summed E-state index contributed by atoms with van der Waals surface area (Å²) >= 11 is 7.24. The van der Waals surface area contributed by atoms with Crippen LogP contribution in [0.25, 0.3) is 11.1 Å². The molecular formula is C33H32ClN3O4S. The number of halogens is 1. The maximum atomic E-state index is 13.7. The Hall–Kier alpha value is -4.14. The predicted molar refractivity (Wildman–Crippen MR) is 169 cm³/mol. The standard InChI is InChI=1S/C33H32ClN3O4S/c34-22-31(38)35-17-8-19-41-29-21-24(33(40)37-18-7-6-13-30-28(37)16-20-42-30)14-15-27(29)36-32(39)26-12-5-4-11-25(26)23-9-2-1-3-10-23/h1-5,9-12,14-16,20-21H,6-8,13,17-19,22H2,(H,35,38)(H,36,39). The van der Waals surface area contributed by atoms with Crippen LogP contribution in [0.5, 0.6) is 5.75 Å². The maximum absolute atomic E-state index is 13.7. The van der Waals surface area contributed by atoms with Crippen LogP contribution in [0.4, 0.5) is 11.4 Å². The second-order valence-electron chi connectivity index (χ2n) is 9.91. The number of hydrogen-bond acceptors (Lipinski definition) is 5. The van der Waals surface area contributed by atoms with Crippen molar-refractivity contribution in [3.63, 3.8) is 0 Å². The lowest BCUT2D eigenvalue weighted by Gasteiger charge is -2.22. The number of thiophene rings is 1. The first kappa shape index (κ1) is 29.4. The Morgan fingerprint density at radius 2 is 1.76 bits per heavy atom. The smallest absolute Gasteiger partial charge is 0.258 e. The van der Waals surface area contributed by atoms with E-state index in [0.717, 1.165) is 36.1 Å². The van der Waals surface area contributed by atoms with Gasteiger partial charge in [-0.05, 0) is 72.5 Å². The Morgan fingerprint density at radius 1 is 0.952 bits per heavy atom. The summed E-state index contributed by atoms with van der Waals surface area (Å²) in [6.45, 7) is 1.31. The molecule has 0 atom stereocenters. The number of benzene rings is 3. The van der Waals surface area contributed by atoms with Gasteiger partial charge in [-0.15, -0.1) is 22.9 Å². The molecule has 2 heterocycles. The zero-order chi connectivity index (χ0) is 29.3. The van der Waals surface area contributed by atoms with Crippen LogP contribution >= 0.6 is 22.9 Å². The highest BCUT2D eigenvalue weighted by Gasteiger charge is 2.24. The molecule has 0 saturated heterocycles. The molecule has 3 aromatic carbocycles. The molecule has 4 aromatic rings. The summed E-state index contributed by atoms with van der Waals surface area (Å²) in [7, 11) is 0. The fourth-order valence-corrected chi connectivity index (χ4v) is 5.97. The molecule has 7 nitrogen and oxygen atoms in total. The summed E-state index contributed by atoms with van der Waals surface area (Å²) < 4.78 is 6.09. The fraction of sp³-hybridized carbons (Fsp3) is 0.242. The molecule has 1 aliphatic heterocycles. The zero-order valence-electron chi connectivity index (χ0n) is 23.1. The van der Waals surface area contributed by atoms with Crippen molar-refractivity contribution >= 4 is 52.0 Å². The van der Waals surface area contributed by atoms with E-state index in [9.17, 15) is 14.4 Å². The Morgan fingerprint density at radius 3 is 2.60 bits per heavy atom. The number of anilines is 2. The van der Waals surface area contributed by atoms with Crippen molar-refractivity contribution in [3.8, 4) is 16.9 Å². The average molecular weight is 602 g/mol. The van der Waals surface area contributed by atoms with Gasteiger partial charge in [0, 0.05) is 29.1 Å². The van der Waals surface area contributed by atoms with Crippen LogP contribution < -0.4 is 20.3 Å². The van der Waals surface area contributed by atoms with Crippen molar-refractivity contribution in [3.05, 3.63) is 100 Å². The number of nitrogens with one attached hydrogen (secondary N) is 2. The number of rotatable bonds is 10. The van der Waals surface area contributed by atoms with Gasteiger partial charge in [-0.3, -0.25) is 14.4 Å². The van der Waals surface area contributed by atoms with Crippen molar-refractivity contribution in [2.24, 2.45) is 0 Å². The highest BCUT2D eigenvalue weighted by Crippen LogP contribution is 2.34. The molecule has 2 N–H and O–H groups in total. The summed E-state index contributed by atoms with van der Waals surface area (Å²) in [6, 6.07) is 24.3. The lowest BCUT2D eigenvalue weighted by atomic mass is 9.99. The molecule has 0 aliphatic carbocycles. The van der Waals surface area contributed by atoms with Gasteiger partial charge in [0.05, 0.1) is 18.0 Å². The summed E-state index contributed by atoms with van der Waals surface area (Å²) in [5.74, 6) is -0.366. The number of fused-ring (bicyclic) bond motifs is 1. The van der Waals surface area contributed by atoms with Gasteiger partial charge < -0.3 is 20.3 Å². The molecule has 0 unspecified atom stereocenters. The zero-order valence-corrected chi connectivity index (χ0v) is 24.7. The third kappa shape index (κ3) is 7.01. The highest BCUT2D eigenvalue weighted by atomic mass is 35.5. The van der Waals surface area contributed by atoms with Gasteiger partial charge in [0.2, 0.25) is 5.91 Å². The van der Waals surface area contributed by atoms with E-state index in [2.05, 4.69) is 10.6 Å². The number of alkyl halides is 1. The van der Waals surface area contributed by atoms with Crippen LogP contribution in [0.15, 0.2) is 84.2 Å². The summed E-state index contributed by atoms with van der Waals surface area (Å²) in [6.07, 6.45) is 3.47. The summed E-state index contributed by atoms with van der Waals surface area (Å²) in [5.41, 5.74) is 4.17. The maximum Gasteiger partial charge on any atom is 0.258 e. The molecule has 0 radical (unpaired) electrons. The van der Waals surface area contributed by atoms with Crippen molar-refractivity contribution in [1.82, 2.24) is 5.32 Å². The van der Waals surface area contributed by atoms with Gasteiger partial charge in [0.25, 0.3) is 11.8 Å². The molecule has 1 aromatic heterocycles. The number of hydrogen-bond donors (Lipinski definition) is 2. The molecule has 0 spiro atoms. The number of carbonyl (C=O) groups excluding carboxylic acids is 3. The number of aryl methyl sites for hydroxylation is 1. The summed E-state index contributed by atoms with van der Waals surface area (Å²) in [4.78, 5) is 41.8. The van der Waals surface area contributed by atoms with E-state index >= 15 is 0 Å². The second kappa shape index (κ2) is 14.2. The third-order valence-electron chi connectivity index (χ3n) is 7.05. The fourth-order valence-electron chi connectivity index (χ4n) is 4.95. The van der Waals surface area contributed by atoms with Gasteiger partial charge in [-0.1, -0.05) is 48.5 Å². The molecule has 9 heteroatoms. The normalized spacial score (nSPS) is 12.6. The molecule has 3 amide bonds. The van der Waals surface area contributed by atoms with Gasteiger partial charge in [-0.2, -0.15) is 0 Å². The van der Waals surface area contributed by atoms with E-state index in [-0.39, 0.29) is 30.2 Å². The minimum absolute atomic E-state index is 0.103. The SMILES string of the molecule is O=C(CCl)NCCCOc1cc(C(=O)N2CCCCc3sccc32)ccc1NC(=O)c1ccccc1-c1ccccc1. The average Bonchev–Trinajstić information content (AvgIpc) is 3.40. The number of nitrogens with zero attached hydrogens (tertiary/aromatic N) is 1. The molecule has 42 heavy (non-hydrogen) atoms. The van der Waals surface area contributed by atoms with Crippen molar-refractivity contribution in [2.75, 3.05) is 35.8 Å². The Labute approximate surface area is 254 Å². The van der Waals surface area contributed by atoms with Gasteiger partial charge in [0.15, 0.2) is 0 Å². The van der Waals surface area contributed by atoms with Crippen LogP contribution in [0.1, 0.15) is 44.9 Å². The van der Waals surface area contributed by atoms with Crippen LogP contribution in [0, 0.1) is 0 Å². The lowest BCUT2D eigenvalue weighted by Crippen LogP contribution is -2.31. The monoisotopic (exact) mass is 601 g/mol.